The van der Waals surface area contributed by atoms with E-state index < -0.39 is 0 Å². The lowest BCUT2D eigenvalue weighted by molar-refractivity contribution is 0.284. The van der Waals surface area contributed by atoms with E-state index >= 15 is 0 Å². The Hall–Kier alpha value is -2.49. The lowest BCUT2D eigenvalue weighted by atomic mass is 10.1. The number of aryl methyl sites for hydroxylation is 2. The van der Waals surface area contributed by atoms with Gasteiger partial charge in [-0.05, 0) is 61.1 Å². The van der Waals surface area contributed by atoms with E-state index in [1.165, 1.54) is 11.1 Å². The molecule has 0 fully saturated rings. The topological polar surface area (TPSA) is 30.5 Å². The number of hydrogen-bond donors (Lipinski definition) is 1. The first-order valence-electron chi connectivity index (χ1n) is 10.4. The number of rotatable bonds is 10. The minimum atomic E-state index is 0.395. The second-order valence-corrected chi connectivity index (χ2v) is 8.04. The quantitative estimate of drug-likeness (QED) is 0.412. The van der Waals surface area contributed by atoms with Crippen molar-refractivity contribution in [3.63, 3.8) is 0 Å². The van der Waals surface area contributed by atoms with Crippen LogP contribution in [0.2, 0.25) is 5.02 Å². The molecule has 3 aromatic carbocycles. The maximum atomic E-state index is 6.54. The standard InChI is InChI=1S/C26H30ClNO2/c1-19-9-7-8-12-23(19)18-30-26-24(27)15-22(16-25(26)29-3)17-28-20(2)13-14-21-10-5-4-6-11-21/h4-12,15-16,20,28H,13-14,17-18H2,1-3H3. The minimum absolute atomic E-state index is 0.395. The summed E-state index contributed by atoms with van der Waals surface area (Å²) in [5.74, 6) is 1.24. The van der Waals surface area contributed by atoms with Crippen molar-refractivity contribution in [2.45, 2.75) is 45.9 Å². The first-order valence-corrected chi connectivity index (χ1v) is 10.8. The summed E-state index contributed by atoms with van der Waals surface area (Å²) in [4.78, 5) is 0. The molecule has 3 aromatic rings. The van der Waals surface area contributed by atoms with E-state index in [1.54, 1.807) is 7.11 Å². The van der Waals surface area contributed by atoms with Gasteiger partial charge in [0.2, 0.25) is 0 Å². The van der Waals surface area contributed by atoms with Crippen molar-refractivity contribution in [2.24, 2.45) is 0 Å². The second-order valence-electron chi connectivity index (χ2n) is 7.63. The summed E-state index contributed by atoms with van der Waals surface area (Å²) in [5.41, 5.74) is 4.77. The van der Waals surface area contributed by atoms with Crippen LogP contribution in [0.3, 0.4) is 0 Å². The average Bonchev–Trinajstić information content (AvgIpc) is 2.77. The number of nitrogens with one attached hydrogen (secondary N) is 1. The summed E-state index contributed by atoms with van der Waals surface area (Å²) in [6.45, 7) is 5.47. The molecule has 0 amide bonds. The second kappa shape index (κ2) is 11.1. The third-order valence-corrected chi connectivity index (χ3v) is 5.57. The van der Waals surface area contributed by atoms with Crippen molar-refractivity contribution in [1.82, 2.24) is 5.32 Å². The molecule has 3 rings (SSSR count). The van der Waals surface area contributed by atoms with Crippen LogP contribution >= 0.6 is 11.6 Å². The van der Waals surface area contributed by atoms with Gasteiger partial charge >= 0.3 is 0 Å². The SMILES string of the molecule is COc1cc(CNC(C)CCc2ccccc2)cc(Cl)c1OCc1ccccc1C. The Morgan fingerprint density at radius 2 is 1.70 bits per heavy atom. The molecule has 0 aliphatic rings. The molecular weight excluding hydrogens is 394 g/mol. The summed E-state index contributed by atoms with van der Waals surface area (Å²) < 4.78 is 11.6. The van der Waals surface area contributed by atoms with E-state index in [1.807, 2.05) is 24.3 Å². The zero-order valence-corrected chi connectivity index (χ0v) is 18.7. The average molecular weight is 424 g/mol. The van der Waals surface area contributed by atoms with Crippen LogP contribution in [0.15, 0.2) is 66.7 Å². The fraction of sp³-hybridized carbons (Fsp3) is 0.308. The maximum Gasteiger partial charge on any atom is 0.180 e. The normalized spacial score (nSPS) is 11.9. The molecular formula is C26H30ClNO2. The van der Waals surface area contributed by atoms with E-state index in [9.17, 15) is 0 Å². The van der Waals surface area contributed by atoms with Crippen LogP contribution in [-0.2, 0) is 19.6 Å². The Labute approximate surface area is 185 Å². The van der Waals surface area contributed by atoms with Crippen LogP contribution in [0.5, 0.6) is 11.5 Å². The number of methoxy groups -OCH3 is 1. The summed E-state index contributed by atoms with van der Waals surface area (Å²) in [5, 5.41) is 4.14. The molecule has 3 nitrogen and oxygen atoms in total. The molecule has 0 radical (unpaired) electrons. The Bertz CT molecular complexity index is 943. The van der Waals surface area contributed by atoms with Gasteiger partial charge in [-0.1, -0.05) is 66.2 Å². The molecule has 0 heterocycles. The number of ether oxygens (including phenoxy) is 2. The van der Waals surface area contributed by atoms with E-state index in [4.69, 9.17) is 21.1 Å². The minimum Gasteiger partial charge on any atom is -0.493 e. The van der Waals surface area contributed by atoms with Gasteiger partial charge in [0.15, 0.2) is 11.5 Å². The summed E-state index contributed by atoms with van der Waals surface area (Å²) in [6, 6.07) is 23.1. The predicted molar refractivity (Wildman–Crippen MR) is 125 cm³/mol. The van der Waals surface area contributed by atoms with Gasteiger partial charge in [0.25, 0.3) is 0 Å². The highest BCUT2D eigenvalue weighted by atomic mass is 35.5. The van der Waals surface area contributed by atoms with Crippen molar-refractivity contribution in [2.75, 3.05) is 7.11 Å². The van der Waals surface area contributed by atoms with Gasteiger partial charge in [0, 0.05) is 12.6 Å². The van der Waals surface area contributed by atoms with Crippen molar-refractivity contribution in [3.8, 4) is 11.5 Å². The highest BCUT2D eigenvalue weighted by molar-refractivity contribution is 6.32. The Balaban J connectivity index is 1.58. The maximum absolute atomic E-state index is 6.54. The smallest absolute Gasteiger partial charge is 0.180 e. The number of halogens is 1. The van der Waals surface area contributed by atoms with Crippen molar-refractivity contribution in [3.05, 3.63) is 94.0 Å². The van der Waals surface area contributed by atoms with Crippen LogP contribution in [0.25, 0.3) is 0 Å². The summed E-state index contributed by atoms with van der Waals surface area (Å²) >= 11 is 6.54. The van der Waals surface area contributed by atoms with Crippen LogP contribution in [0.4, 0.5) is 0 Å². The number of hydrogen-bond acceptors (Lipinski definition) is 3. The molecule has 0 saturated carbocycles. The van der Waals surface area contributed by atoms with Gasteiger partial charge in [-0.2, -0.15) is 0 Å². The van der Waals surface area contributed by atoms with Gasteiger partial charge in [-0.3, -0.25) is 0 Å². The van der Waals surface area contributed by atoms with Crippen LogP contribution < -0.4 is 14.8 Å². The summed E-state index contributed by atoms with van der Waals surface area (Å²) in [6.07, 6.45) is 2.14. The first-order chi connectivity index (χ1) is 14.6. The van der Waals surface area contributed by atoms with Crippen LogP contribution in [0.1, 0.15) is 35.6 Å². The molecule has 1 atom stereocenters. The highest BCUT2D eigenvalue weighted by Gasteiger charge is 2.13. The van der Waals surface area contributed by atoms with Gasteiger partial charge in [-0.25, -0.2) is 0 Å². The van der Waals surface area contributed by atoms with Gasteiger partial charge in [0.1, 0.15) is 6.61 Å². The zero-order chi connectivity index (χ0) is 21.3. The molecule has 0 aromatic heterocycles. The molecule has 0 aliphatic carbocycles. The van der Waals surface area contributed by atoms with E-state index in [0.717, 1.165) is 30.5 Å². The third kappa shape index (κ3) is 6.25. The third-order valence-electron chi connectivity index (χ3n) is 5.29. The molecule has 158 valence electrons. The monoisotopic (exact) mass is 423 g/mol. The summed E-state index contributed by atoms with van der Waals surface area (Å²) in [7, 11) is 1.64. The highest BCUT2D eigenvalue weighted by Crippen LogP contribution is 2.37. The molecule has 1 unspecified atom stereocenters. The van der Waals surface area contributed by atoms with Crippen LogP contribution in [0, 0.1) is 6.92 Å². The molecule has 0 spiro atoms. The fourth-order valence-electron chi connectivity index (χ4n) is 3.36. The molecule has 0 bridgehead atoms. The zero-order valence-electron chi connectivity index (χ0n) is 18.0. The van der Waals surface area contributed by atoms with E-state index in [0.29, 0.717) is 29.2 Å². The Morgan fingerprint density at radius 3 is 2.43 bits per heavy atom. The van der Waals surface area contributed by atoms with Gasteiger partial charge in [0.05, 0.1) is 12.1 Å². The number of benzene rings is 3. The fourth-order valence-corrected chi connectivity index (χ4v) is 3.65. The Morgan fingerprint density at radius 1 is 0.967 bits per heavy atom. The van der Waals surface area contributed by atoms with Crippen LogP contribution in [-0.4, -0.2) is 13.2 Å². The predicted octanol–water partition coefficient (Wildman–Crippen LogP) is 6.35. The van der Waals surface area contributed by atoms with Gasteiger partial charge < -0.3 is 14.8 Å². The van der Waals surface area contributed by atoms with Crippen molar-refractivity contribution >= 4 is 11.6 Å². The lowest BCUT2D eigenvalue weighted by Gasteiger charge is -2.17. The molecule has 0 saturated heterocycles. The van der Waals surface area contributed by atoms with E-state index in [-0.39, 0.29) is 0 Å². The Kier molecular flexibility index (Phi) is 8.18. The lowest BCUT2D eigenvalue weighted by Crippen LogP contribution is -2.26. The van der Waals surface area contributed by atoms with E-state index in [2.05, 4.69) is 61.6 Å². The molecule has 4 heteroatoms. The first kappa shape index (κ1) is 22.2. The molecule has 1 N–H and O–H groups in total. The largest absolute Gasteiger partial charge is 0.493 e. The van der Waals surface area contributed by atoms with Crippen molar-refractivity contribution < 1.29 is 9.47 Å². The molecule has 30 heavy (non-hydrogen) atoms. The molecule has 0 aliphatic heterocycles. The van der Waals surface area contributed by atoms with Crippen molar-refractivity contribution in [1.29, 1.82) is 0 Å². The van der Waals surface area contributed by atoms with Gasteiger partial charge in [-0.15, -0.1) is 0 Å².